The molecule has 8 heteroatoms. The van der Waals surface area contributed by atoms with Crippen LogP contribution in [0.15, 0.2) is 24.3 Å². The second-order valence-corrected chi connectivity index (χ2v) is 8.06. The van der Waals surface area contributed by atoms with Gasteiger partial charge in [0.05, 0.1) is 31.3 Å². The first-order valence-electron chi connectivity index (χ1n) is 7.38. The van der Waals surface area contributed by atoms with Crippen molar-refractivity contribution in [2.24, 2.45) is 0 Å². The molecule has 1 fully saturated rings. The minimum absolute atomic E-state index is 0.0215. The van der Waals surface area contributed by atoms with Crippen LogP contribution in [-0.4, -0.2) is 68.2 Å². The Morgan fingerprint density at radius 3 is 2.57 bits per heavy atom. The van der Waals surface area contributed by atoms with Crippen molar-refractivity contribution in [1.29, 1.82) is 0 Å². The van der Waals surface area contributed by atoms with Crippen molar-refractivity contribution in [3.63, 3.8) is 0 Å². The normalized spacial score (nSPS) is 19.7. The number of rotatable bonds is 7. The molecule has 0 unspecified atom stereocenters. The summed E-state index contributed by atoms with van der Waals surface area (Å²) < 4.78 is 28.6. The van der Waals surface area contributed by atoms with E-state index in [1.165, 1.54) is 0 Å². The Morgan fingerprint density at radius 1 is 1.30 bits per heavy atom. The lowest BCUT2D eigenvalue weighted by atomic mass is 10.1. The van der Waals surface area contributed by atoms with Crippen LogP contribution in [0.3, 0.4) is 0 Å². The van der Waals surface area contributed by atoms with Gasteiger partial charge in [-0.1, -0.05) is 11.6 Å². The molecule has 1 amide bonds. The maximum atomic E-state index is 12.7. The zero-order valence-corrected chi connectivity index (χ0v) is 14.2. The van der Waals surface area contributed by atoms with Crippen LogP contribution in [0.1, 0.15) is 16.8 Å². The van der Waals surface area contributed by atoms with Gasteiger partial charge in [-0.2, -0.15) is 0 Å². The molecule has 2 rings (SSSR count). The Labute approximate surface area is 140 Å². The van der Waals surface area contributed by atoms with Crippen molar-refractivity contribution in [3.8, 4) is 0 Å². The van der Waals surface area contributed by atoms with E-state index in [-0.39, 0.29) is 49.8 Å². The van der Waals surface area contributed by atoms with E-state index in [1.54, 1.807) is 29.2 Å². The number of sulfone groups is 1. The Kier molecular flexibility index (Phi) is 6.41. The first-order chi connectivity index (χ1) is 10.9. The number of hydrogen-bond donors (Lipinski definition) is 1. The fraction of sp³-hybridized carbons (Fsp3) is 0.533. The number of aliphatic hydroxyl groups is 1. The van der Waals surface area contributed by atoms with E-state index in [9.17, 15) is 13.2 Å². The van der Waals surface area contributed by atoms with E-state index < -0.39 is 9.84 Å². The lowest BCUT2D eigenvalue weighted by Crippen LogP contribution is -2.43. The summed E-state index contributed by atoms with van der Waals surface area (Å²) in [5.41, 5.74) is 0.459. The Hall–Kier alpha value is -1.15. The molecular formula is C15H20ClNO5S. The summed E-state index contributed by atoms with van der Waals surface area (Å²) in [5.74, 6) is -0.164. The minimum atomic E-state index is -3.09. The predicted octanol–water partition coefficient (Wildman–Crippen LogP) is 0.978. The van der Waals surface area contributed by atoms with Crippen LogP contribution in [0.5, 0.6) is 0 Å². The molecule has 1 aromatic carbocycles. The van der Waals surface area contributed by atoms with E-state index in [2.05, 4.69) is 0 Å². The SMILES string of the molecule is O=C(c1ccc(Cl)cc1)N(CCOCCO)[C@@H]1CCS(=O)(=O)C1. The molecule has 1 aliphatic heterocycles. The summed E-state index contributed by atoms with van der Waals surface area (Å²) in [7, 11) is -3.09. The highest BCUT2D eigenvalue weighted by Crippen LogP contribution is 2.20. The molecule has 1 heterocycles. The molecule has 1 aliphatic rings. The Bertz CT molecular complexity index is 632. The van der Waals surface area contributed by atoms with Crippen molar-refractivity contribution < 1.29 is 23.1 Å². The number of benzene rings is 1. The maximum absolute atomic E-state index is 12.7. The number of aliphatic hydroxyl groups excluding tert-OH is 1. The monoisotopic (exact) mass is 361 g/mol. The number of amides is 1. The van der Waals surface area contributed by atoms with Crippen LogP contribution in [0, 0.1) is 0 Å². The number of ether oxygens (including phenoxy) is 1. The van der Waals surface area contributed by atoms with Gasteiger partial charge in [-0.05, 0) is 30.7 Å². The van der Waals surface area contributed by atoms with Gasteiger partial charge in [-0.3, -0.25) is 4.79 Å². The van der Waals surface area contributed by atoms with Crippen molar-refractivity contribution in [2.75, 3.05) is 37.9 Å². The first-order valence-corrected chi connectivity index (χ1v) is 9.58. The summed E-state index contributed by atoms with van der Waals surface area (Å²) in [6.45, 7) is 0.618. The average Bonchev–Trinajstić information content (AvgIpc) is 2.87. The van der Waals surface area contributed by atoms with Crippen molar-refractivity contribution >= 4 is 27.3 Å². The molecule has 128 valence electrons. The zero-order valence-electron chi connectivity index (χ0n) is 12.7. The van der Waals surface area contributed by atoms with E-state index in [0.717, 1.165) is 0 Å². The fourth-order valence-corrected chi connectivity index (χ4v) is 4.42. The molecule has 0 aliphatic carbocycles. The van der Waals surface area contributed by atoms with E-state index in [1.807, 2.05) is 0 Å². The topological polar surface area (TPSA) is 83.9 Å². The maximum Gasteiger partial charge on any atom is 0.254 e. The van der Waals surface area contributed by atoms with Gasteiger partial charge >= 0.3 is 0 Å². The van der Waals surface area contributed by atoms with Crippen LogP contribution in [0.25, 0.3) is 0 Å². The van der Waals surface area contributed by atoms with Gasteiger partial charge in [0, 0.05) is 23.2 Å². The molecule has 1 atom stereocenters. The quantitative estimate of drug-likeness (QED) is 0.732. The molecule has 6 nitrogen and oxygen atoms in total. The summed E-state index contributed by atoms with van der Waals surface area (Å²) in [4.78, 5) is 14.2. The largest absolute Gasteiger partial charge is 0.394 e. The van der Waals surface area contributed by atoms with Gasteiger partial charge in [0.1, 0.15) is 0 Å². The standard InChI is InChI=1S/C15H20ClNO5S/c16-13-3-1-12(2-4-13)15(19)17(6-8-22-9-7-18)14-5-10-23(20,21)11-14/h1-4,14,18H,5-11H2/t14-/m1/s1. The molecule has 0 radical (unpaired) electrons. The second-order valence-electron chi connectivity index (χ2n) is 5.40. The highest BCUT2D eigenvalue weighted by atomic mass is 35.5. The van der Waals surface area contributed by atoms with E-state index in [0.29, 0.717) is 17.0 Å². The summed E-state index contributed by atoms with van der Waals surface area (Å²) in [6, 6.07) is 6.15. The van der Waals surface area contributed by atoms with Gasteiger partial charge in [0.25, 0.3) is 5.91 Å². The van der Waals surface area contributed by atoms with E-state index in [4.69, 9.17) is 21.4 Å². The molecule has 1 N–H and O–H groups in total. The number of nitrogens with zero attached hydrogens (tertiary/aromatic N) is 1. The molecule has 1 saturated heterocycles. The van der Waals surface area contributed by atoms with Crippen molar-refractivity contribution in [3.05, 3.63) is 34.9 Å². The van der Waals surface area contributed by atoms with Crippen LogP contribution >= 0.6 is 11.6 Å². The first kappa shape index (κ1) is 18.2. The van der Waals surface area contributed by atoms with Crippen LogP contribution in [0.4, 0.5) is 0 Å². The number of hydrogen-bond acceptors (Lipinski definition) is 5. The summed E-state index contributed by atoms with van der Waals surface area (Å²) in [5, 5.41) is 9.26. The molecule has 0 saturated carbocycles. The predicted molar refractivity (Wildman–Crippen MR) is 87.5 cm³/mol. The highest BCUT2D eigenvalue weighted by Gasteiger charge is 2.34. The van der Waals surface area contributed by atoms with Gasteiger partial charge in [-0.25, -0.2) is 8.42 Å². The smallest absolute Gasteiger partial charge is 0.254 e. The molecule has 0 spiro atoms. The molecule has 0 aromatic heterocycles. The zero-order chi connectivity index (χ0) is 16.9. The van der Waals surface area contributed by atoms with Gasteiger partial charge in [0.2, 0.25) is 0 Å². The summed E-state index contributed by atoms with van der Waals surface area (Å²) in [6.07, 6.45) is 0.432. The van der Waals surface area contributed by atoms with Crippen LogP contribution in [-0.2, 0) is 14.6 Å². The van der Waals surface area contributed by atoms with Crippen LogP contribution < -0.4 is 0 Å². The van der Waals surface area contributed by atoms with Gasteiger partial charge < -0.3 is 14.7 Å². The van der Waals surface area contributed by atoms with Crippen molar-refractivity contribution in [1.82, 2.24) is 4.90 Å². The average molecular weight is 362 g/mol. The minimum Gasteiger partial charge on any atom is -0.394 e. The molecule has 23 heavy (non-hydrogen) atoms. The Morgan fingerprint density at radius 2 is 2.00 bits per heavy atom. The second kappa shape index (κ2) is 8.10. The number of carbonyl (C=O) groups is 1. The third-order valence-corrected chi connectivity index (χ3v) is 5.72. The fourth-order valence-electron chi connectivity index (χ4n) is 2.56. The number of carbonyl (C=O) groups excluding carboxylic acids is 1. The third kappa shape index (κ3) is 5.17. The third-order valence-electron chi connectivity index (χ3n) is 3.71. The van der Waals surface area contributed by atoms with Gasteiger partial charge in [0.15, 0.2) is 9.84 Å². The lowest BCUT2D eigenvalue weighted by Gasteiger charge is -2.28. The van der Waals surface area contributed by atoms with Crippen molar-refractivity contribution in [2.45, 2.75) is 12.5 Å². The molecule has 1 aromatic rings. The van der Waals surface area contributed by atoms with E-state index >= 15 is 0 Å². The number of halogens is 1. The van der Waals surface area contributed by atoms with Gasteiger partial charge in [-0.15, -0.1) is 0 Å². The lowest BCUT2D eigenvalue weighted by molar-refractivity contribution is 0.0496. The summed E-state index contributed by atoms with van der Waals surface area (Å²) >= 11 is 5.83. The molecule has 0 bridgehead atoms. The highest BCUT2D eigenvalue weighted by molar-refractivity contribution is 7.91. The Balaban J connectivity index is 2.11. The molecular weight excluding hydrogens is 342 g/mol. The van der Waals surface area contributed by atoms with Crippen LogP contribution in [0.2, 0.25) is 5.02 Å².